The van der Waals surface area contributed by atoms with Gasteiger partial charge < -0.3 is 16.0 Å². The van der Waals surface area contributed by atoms with E-state index in [0.717, 1.165) is 24.8 Å². The first-order valence-corrected chi connectivity index (χ1v) is 5.78. The minimum Gasteiger partial charge on any atom is -0.367 e. The third-order valence-electron chi connectivity index (χ3n) is 3.66. The second kappa shape index (κ2) is 4.29. The molecule has 1 aliphatic rings. The Kier molecular flexibility index (Phi) is 3.01. The summed E-state index contributed by atoms with van der Waals surface area (Å²) in [5, 5.41) is 2.96. The molecule has 0 radical (unpaired) electrons. The first kappa shape index (κ1) is 11.2. The molecule has 4 N–H and O–H groups in total. The highest BCUT2D eigenvalue weighted by molar-refractivity contribution is 5.83. The van der Waals surface area contributed by atoms with E-state index in [1.54, 1.807) is 0 Å². The average molecular weight is 221 g/mol. The lowest BCUT2D eigenvalue weighted by molar-refractivity contribution is -0.130. The van der Waals surface area contributed by atoms with Gasteiger partial charge in [-0.3, -0.25) is 4.79 Å². The number of carbonyl (C=O) groups is 1. The molecule has 0 saturated heterocycles. The van der Waals surface area contributed by atoms with Gasteiger partial charge in [-0.25, -0.2) is 0 Å². The predicted molar refractivity (Wildman–Crippen MR) is 62.6 cm³/mol. The van der Waals surface area contributed by atoms with E-state index in [1.807, 2.05) is 25.4 Å². The molecule has 1 heterocycles. The van der Waals surface area contributed by atoms with Crippen molar-refractivity contribution in [1.82, 2.24) is 10.3 Å². The quantitative estimate of drug-likeness (QED) is 0.716. The van der Waals surface area contributed by atoms with Crippen molar-refractivity contribution in [3.63, 3.8) is 0 Å². The minimum atomic E-state index is -0.379. The topological polar surface area (TPSA) is 70.9 Å². The highest BCUT2D eigenvalue weighted by Crippen LogP contribution is 2.36. The van der Waals surface area contributed by atoms with Gasteiger partial charge >= 0.3 is 0 Å². The van der Waals surface area contributed by atoms with E-state index >= 15 is 0 Å². The molecule has 4 nitrogen and oxygen atoms in total. The molecule has 1 aliphatic carbocycles. The zero-order valence-electron chi connectivity index (χ0n) is 9.62. The van der Waals surface area contributed by atoms with Crippen LogP contribution in [0.1, 0.15) is 31.7 Å². The van der Waals surface area contributed by atoms with Crippen molar-refractivity contribution in [3.8, 4) is 0 Å². The zero-order chi connectivity index (χ0) is 11.6. The maximum absolute atomic E-state index is 12.1. The van der Waals surface area contributed by atoms with Crippen LogP contribution in [0.15, 0.2) is 18.5 Å². The third-order valence-corrected chi connectivity index (χ3v) is 3.66. The van der Waals surface area contributed by atoms with Gasteiger partial charge in [-0.2, -0.15) is 0 Å². The van der Waals surface area contributed by atoms with Crippen LogP contribution in [-0.4, -0.2) is 16.9 Å². The summed E-state index contributed by atoms with van der Waals surface area (Å²) in [6.45, 7) is 2.54. The Hall–Kier alpha value is -1.29. The molecule has 4 heteroatoms. The number of hydrogen-bond donors (Lipinski definition) is 3. The largest absolute Gasteiger partial charge is 0.367 e. The molecule has 2 unspecified atom stereocenters. The van der Waals surface area contributed by atoms with E-state index in [9.17, 15) is 4.79 Å². The van der Waals surface area contributed by atoms with Crippen LogP contribution < -0.4 is 11.1 Å². The Balaban J connectivity index is 1.93. The Labute approximate surface area is 95.6 Å². The zero-order valence-corrected chi connectivity index (χ0v) is 9.62. The molecule has 1 fully saturated rings. The van der Waals surface area contributed by atoms with Crippen LogP contribution >= 0.6 is 0 Å². The van der Waals surface area contributed by atoms with Crippen LogP contribution in [0, 0.1) is 5.41 Å². The summed E-state index contributed by atoms with van der Waals surface area (Å²) in [5.74, 6) is 0.0821. The van der Waals surface area contributed by atoms with Crippen molar-refractivity contribution in [1.29, 1.82) is 0 Å². The maximum atomic E-state index is 12.1. The molecule has 0 aliphatic heterocycles. The van der Waals surface area contributed by atoms with Crippen LogP contribution in [-0.2, 0) is 11.3 Å². The van der Waals surface area contributed by atoms with Gasteiger partial charge in [0, 0.05) is 25.0 Å². The number of amides is 1. The van der Waals surface area contributed by atoms with Gasteiger partial charge in [0.2, 0.25) is 5.91 Å². The van der Waals surface area contributed by atoms with Crippen molar-refractivity contribution >= 4 is 5.91 Å². The molecule has 0 spiro atoms. The Morgan fingerprint density at radius 3 is 3.12 bits per heavy atom. The maximum Gasteiger partial charge on any atom is 0.227 e. The van der Waals surface area contributed by atoms with E-state index in [0.29, 0.717) is 6.54 Å². The van der Waals surface area contributed by atoms with Crippen LogP contribution in [0.2, 0.25) is 0 Å². The van der Waals surface area contributed by atoms with E-state index in [1.165, 1.54) is 0 Å². The van der Waals surface area contributed by atoms with Crippen LogP contribution in [0.3, 0.4) is 0 Å². The average Bonchev–Trinajstić information content (AvgIpc) is 2.87. The Morgan fingerprint density at radius 1 is 1.75 bits per heavy atom. The van der Waals surface area contributed by atoms with Gasteiger partial charge in [-0.1, -0.05) is 6.42 Å². The molecular formula is C12H19N3O. The summed E-state index contributed by atoms with van der Waals surface area (Å²) in [4.78, 5) is 15.0. The van der Waals surface area contributed by atoms with E-state index in [4.69, 9.17) is 5.73 Å². The van der Waals surface area contributed by atoms with E-state index in [-0.39, 0.29) is 17.4 Å². The molecule has 0 aromatic carbocycles. The first-order chi connectivity index (χ1) is 7.63. The van der Waals surface area contributed by atoms with Gasteiger partial charge in [0.15, 0.2) is 0 Å². The number of H-pyrrole nitrogens is 1. The summed E-state index contributed by atoms with van der Waals surface area (Å²) in [7, 11) is 0. The van der Waals surface area contributed by atoms with E-state index in [2.05, 4.69) is 10.3 Å². The lowest BCUT2D eigenvalue weighted by Gasteiger charge is -2.27. The molecule has 1 aromatic rings. The van der Waals surface area contributed by atoms with Gasteiger partial charge in [-0.05, 0) is 31.4 Å². The highest BCUT2D eigenvalue weighted by atomic mass is 16.2. The van der Waals surface area contributed by atoms with Crippen molar-refractivity contribution in [2.45, 2.75) is 38.8 Å². The summed E-state index contributed by atoms with van der Waals surface area (Å²) in [6, 6.07) is 1.95. The Bertz CT molecular complexity index is 360. The van der Waals surface area contributed by atoms with Crippen molar-refractivity contribution in [3.05, 3.63) is 24.0 Å². The van der Waals surface area contributed by atoms with Gasteiger partial charge in [0.05, 0.1) is 5.41 Å². The SMILES string of the molecule is CC1(C(=O)NCc2cc[nH]c2)CCCC1N. The normalized spacial score (nSPS) is 29.2. The fraction of sp³-hybridized carbons (Fsp3) is 0.583. The Morgan fingerprint density at radius 2 is 2.56 bits per heavy atom. The standard InChI is InChI=1S/C12H19N3O/c1-12(5-2-3-10(12)13)11(16)15-8-9-4-6-14-7-9/h4,6-7,10,14H,2-3,5,8,13H2,1H3,(H,15,16). The minimum absolute atomic E-state index is 0.00118. The van der Waals surface area contributed by atoms with Crippen LogP contribution in [0.4, 0.5) is 0 Å². The summed E-state index contributed by atoms with van der Waals surface area (Å²) < 4.78 is 0. The summed E-state index contributed by atoms with van der Waals surface area (Å²) in [5.41, 5.74) is 6.70. The fourth-order valence-corrected chi connectivity index (χ4v) is 2.33. The number of carbonyl (C=O) groups excluding carboxylic acids is 1. The molecular weight excluding hydrogens is 202 g/mol. The van der Waals surface area contributed by atoms with Gasteiger partial charge in [-0.15, -0.1) is 0 Å². The number of aromatic nitrogens is 1. The number of hydrogen-bond acceptors (Lipinski definition) is 2. The number of aromatic amines is 1. The smallest absolute Gasteiger partial charge is 0.227 e. The van der Waals surface area contributed by atoms with Crippen molar-refractivity contribution < 1.29 is 4.79 Å². The van der Waals surface area contributed by atoms with Crippen molar-refractivity contribution in [2.24, 2.45) is 11.1 Å². The van der Waals surface area contributed by atoms with Crippen LogP contribution in [0.5, 0.6) is 0 Å². The molecule has 1 saturated carbocycles. The predicted octanol–water partition coefficient (Wildman–Crippen LogP) is 1.15. The summed E-state index contributed by atoms with van der Waals surface area (Å²) >= 11 is 0. The second-order valence-corrected chi connectivity index (χ2v) is 4.82. The molecule has 1 amide bonds. The second-order valence-electron chi connectivity index (χ2n) is 4.82. The molecule has 1 aromatic heterocycles. The van der Waals surface area contributed by atoms with E-state index < -0.39 is 0 Å². The van der Waals surface area contributed by atoms with Crippen LogP contribution in [0.25, 0.3) is 0 Å². The molecule has 0 bridgehead atoms. The van der Waals surface area contributed by atoms with Crippen molar-refractivity contribution in [2.75, 3.05) is 0 Å². The number of rotatable bonds is 3. The lowest BCUT2D eigenvalue weighted by atomic mass is 9.84. The lowest BCUT2D eigenvalue weighted by Crippen LogP contribution is -2.47. The fourth-order valence-electron chi connectivity index (χ4n) is 2.33. The monoisotopic (exact) mass is 221 g/mol. The first-order valence-electron chi connectivity index (χ1n) is 5.78. The third kappa shape index (κ3) is 1.97. The molecule has 2 atom stereocenters. The number of nitrogens with two attached hydrogens (primary N) is 1. The number of nitrogens with one attached hydrogen (secondary N) is 2. The summed E-state index contributed by atoms with van der Waals surface area (Å²) in [6.07, 6.45) is 6.64. The van der Waals surface area contributed by atoms with Gasteiger partial charge in [0.1, 0.15) is 0 Å². The highest BCUT2D eigenvalue weighted by Gasteiger charge is 2.42. The molecule has 2 rings (SSSR count). The molecule has 16 heavy (non-hydrogen) atoms. The van der Waals surface area contributed by atoms with Gasteiger partial charge in [0.25, 0.3) is 0 Å². The molecule has 88 valence electrons.